The molecular weight excluding hydrogens is 274 g/mol. The summed E-state index contributed by atoms with van der Waals surface area (Å²) in [6, 6.07) is 9.33. The molecule has 4 heteroatoms. The van der Waals surface area contributed by atoms with Crippen LogP contribution < -0.4 is 0 Å². The first-order valence-corrected chi connectivity index (χ1v) is 8.27. The Labute approximate surface area is 132 Å². The quantitative estimate of drug-likeness (QED) is 0.854. The first kappa shape index (κ1) is 15.3. The van der Waals surface area contributed by atoms with Crippen molar-refractivity contribution in [2.24, 2.45) is 0 Å². The second kappa shape index (κ2) is 7.56. The Balaban J connectivity index is 1.74. The van der Waals surface area contributed by atoms with Crippen LogP contribution in [0.25, 0.3) is 0 Å². The molecule has 1 atom stereocenters. The largest absolute Gasteiger partial charge is 0.396 e. The molecule has 1 heterocycles. The predicted molar refractivity (Wildman–Crippen MR) is 87.6 cm³/mol. The summed E-state index contributed by atoms with van der Waals surface area (Å²) in [5.41, 5.74) is 2.98. The maximum Gasteiger partial charge on any atom is 0.0946 e. The lowest BCUT2D eigenvalue weighted by Gasteiger charge is -2.36. The lowest BCUT2D eigenvalue weighted by molar-refractivity contribution is 0.154. The van der Waals surface area contributed by atoms with Crippen molar-refractivity contribution in [3.63, 3.8) is 0 Å². The number of fused-ring (bicyclic) bond motifs is 1. The van der Waals surface area contributed by atoms with Gasteiger partial charge in [-0.05, 0) is 36.8 Å². The van der Waals surface area contributed by atoms with Crippen molar-refractivity contribution in [3.05, 3.63) is 54.1 Å². The molecule has 1 aliphatic carbocycles. The van der Waals surface area contributed by atoms with Crippen LogP contribution in [-0.2, 0) is 13.0 Å². The van der Waals surface area contributed by atoms with E-state index in [1.54, 1.807) is 0 Å². The summed E-state index contributed by atoms with van der Waals surface area (Å²) >= 11 is 0. The molecule has 0 saturated heterocycles. The zero-order valence-electron chi connectivity index (χ0n) is 13.1. The molecule has 4 nitrogen and oxygen atoms in total. The van der Waals surface area contributed by atoms with Gasteiger partial charge in [0.1, 0.15) is 0 Å². The van der Waals surface area contributed by atoms with E-state index in [2.05, 4.69) is 38.7 Å². The van der Waals surface area contributed by atoms with Crippen molar-refractivity contribution in [2.45, 2.75) is 38.3 Å². The number of aromatic nitrogens is 2. The molecule has 0 spiro atoms. The highest BCUT2D eigenvalue weighted by atomic mass is 16.3. The van der Waals surface area contributed by atoms with Gasteiger partial charge in [0, 0.05) is 44.7 Å². The van der Waals surface area contributed by atoms with Gasteiger partial charge in [0.2, 0.25) is 0 Å². The summed E-state index contributed by atoms with van der Waals surface area (Å²) in [5, 5.41) is 9.22. The van der Waals surface area contributed by atoms with Crippen LogP contribution in [0, 0.1) is 0 Å². The molecule has 1 aliphatic rings. The smallest absolute Gasteiger partial charge is 0.0946 e. The van der Waals surface area contributed by atoms with Crippen molar-refractivity contribution in [2.75, 3.05) is 19.7 Å². The molecule has 0 fully saturated rings. The fourth-order valence-electron chi connectivity index (χ4n) is 3.47. The molecule has 1 unspecified atom stereocenters. The van der Waals surface area contributed by atoms with Crippen LogP contribution in [0.15, 0.2) is 43.0 Å². The number of hydrogen-bond acceptors (Lipinski definition) is 3. The van der Waals surface area contributed by atoms with Crippen molar-refractivity contribution in [1.29, 1.82) is 0 Å². The van der Waals surface area contributed by atoms with Gasteiger partial charge >= 0.3 is 0 Å². The van der Waals surface area contributed by atoms with Gasteiger partial charge < -0.3 is 9.67 Å². The summed E-state index contributed by atoms with van der Waals surface area (Å²) < 4.78 is 2.13. The number of imidazole rings is 1. The molecule has 0 aliphatic heterocycles. The van der Waals surface area contributed by atoms with E-state index >= 15 is 0 Å². The first-order valence-electron chi connectivity index (χ1n) is 8.27. The maximum atomic E-state index is 9.22. The lowest BCUT2D eigenvalue weighted by atomic mass is 9.86. The monoisotopic (exact) mass is 299 g/mol. The van der Waals surface area contributed by atoms with E-state index in [-0.39, 0.29) is 6.61 Å². The lowest BCUT2D eigenvalue weighted by Crippen LogP contribution is -2.35. The Kier molecular flexibility index (Phi) is 5.24. The minimum atomic E-state index is 0.260. The Morgan fingerprint density at radius 3 is 3.00 bits per heavy atom. The van der Waals surface area contributed by atoms with Gasteiger partial charge in [-0.25, -0.2) is 4.98 Å². The highest BCUT2D eigenvalue weighted by Gasteiger charge is 2.25. The van der Waals surface area contributed by atoms with Gasteiger partial charge in [-0.2, -0.15) is 0 Å². The van der Waals surface area contributed by atoms with Gasteiger partial charge in [0.15, 0.2) is 0 Å². The van der Waals surface area contributed by atoms with Crippen molar-refractivity contribution in [3.8, 4) is 0 Å². The topological polar surface area (TPSA) is 41.3 Å². The Hall–Kier alpha value is -1.65. The minimum Gasteiger partial charge on any atom is -0.396 e. The molecule has 1 aromatic heterocycles. The van der Waals surface area contributed by atoms with Crippen LogP contribution in [-0.4, -0.2) is 39.3 Å². The van der Waals surface area contributed by atoms with Gasteiger partial charge in [-0.15, -0.1) is 0 Å². The molecule has 1 N–H and O–H groups in total. The van der Waals surface area contributed by atoms with E-state index in [1.165, 1.54) is 30.4 Å². The summed E-state index contributed by atoms with van der Waals surface area (Å²) in [6.07, 6.45) is 10.2. The van der Waals surface area contributed by atoms with Crippen molar-refractivity contribution in [1.82, 2.24) is 14.5 Å². The Morgan fingerprint density at radius 2 is 2.18 bits per heavy atom. The van der Waals surface area contributed by atoms with Crippen molar-refractivity contribution >= 4 is 0 Å². The molecule has 0 bridgehead atoms. The van der Waals surface area contributed by atoms with Gasteiger partial charge in [0.25, 0.3) is 0 Å². The fourth-order valence-corrected chi connectivity index (χ4v) is 3.47. The SMILES string of the molecule is OCCCN(CCn1ccnc1)C1CCCc2ccccc21. The average molecular weight is 299 g/mol. The number of hydrogen-bond donors (Lipinski definition) is 1. The standard InChI is InChI=1S/C18H25N3O/c22-14-4-10-21(13-12-20-11-9-19-15-20)18-8-3-6-16-5-1-2-7-17(16)18/h1-2,5,7,9,11,15,18,22H,3-4,6,8,10,12-14H2. The molecule has 2 aromatic rings. The van der Waals surface area contributed by atoms with Crippen LogP contribution in [0.2, 0.25) is 0 Å². The summed E-state index contributed by atoms with van der Waals surface area (Å²) in [7, 11) is 0. The molecular formula is C18H25N3O. The average Bonchev–Trinajstić information content (AvgIpc) is 3.08. The fraction of sp³-hybridized carbons (Fsp3) is 0.500. The highest BCUT2D eigenvalue weighted by Crippen LogP contribution is 2.34. The third kappa shape index (κ3) is 3.57. The number of benzene rings is 1. The zero-order chi connectivity index (χ0) is 15.2. The van der Waals surface area contributed by atoms with E-state index in [9.17, 15) is 5.11 Å². The van der Waals surface area contributed by atoms with Crippen LogP contribution in [0.4, 0.5) is 0 Å². The number of nitrogens with zero attached hydrogens (tertiary/aromatic N) is 3. The minimum absolute atomic E-state index is 0.260. The normalized spacial score (nSPS) is 17.6. The van der Waals surface area contributed by atoms with Gasteiger partial charge in [0.05, 0.1) is 6.33 Å². The van der Waals surface area contributed by atoms with Crippen molar-refractivity contribution < 1.29 is 5.11 Å². The highest BCUT2D eigenvalue weighted by molar-refractivity contribution is 5.32. The number of aliphatic hydroxyl groups excluding tert-OH is 1. The third-order valence-corrected chi connectivity index (χ3v) is 4.59. The molecule has 0 radical (unpaired) electrons. The zero-order valence-corrected chi connectivity index (χ0v) is 13.1. The second-order valence-corrected chi connectivity index (χ2v) is 6.02. The molecule has 1 aromatic carbocycles. The summed E-state index contributed by atoms with van der Waals surface area (Å²) in [6.45, 7) is 3.15. The number of rotatable bonds is 7. The summed E-state index contributed by atoms with van der Waals surface area (Å²) in [5.74, 6) is 0. The predicted octanol–water partition coefficient (Wildman–Crippen LogP) is 2.65. The number of aliphatic hydroxyl groups is 1. The van der Waals surface area contributed by atoms with E-state index in [1.807, 2.05) is 18.7 Å². The van der Waals surface area contributed by atoms with Crippen LogP contribution in [0.5, 0.6) is 0 Å². The maximum absolute atomic E-state index is 9.22. The Morgan fingerprint density at radius 1 is 1.27 bits per heavy atom. The molecule has 118 valence electrons. The van der Waals surface area contributed by atoms with E-state index in [0.717, 1.165) is 26.1 Å². The molecule has 3 rings (SSSR count). The second-order valence-electron chi connectivity index (χ2n) is 6.02. The van der Waals surface area contributed by atoms with E-state index < -0.39 is 0 Å². The van der Waals surface area contributed by atoms with E-state index in [4.69, 9.17) is 0 Å². The van der Waals surface area contributed by atoms with Crippen LogP contribution >= 0.6 is 0 Å². The molecule has 0 saturated carbocycles. The molecule has 22 heavy (non-hydrogen) atoms. The third-order valence-electron chi connectivity index (χ3n) is 4.59. The van der Waals surface area contributed by atoms with Crippen LogP contribution in [0.3, 0.4) is 0 Å². The first-order chi connectivity index (χ1) is 10.9. The molecule has 0 amide bonds. The van der Waals surface area contributed by atoms with E-state index in [0.29, 0.717) is 6.04 Å². The van der Waals surface area contributed by atoms with Gasteiger partial charge in [-0.3, -0.25) is 4.90 Å². The number of aryl methyl sites for hydroxylation is 1. The Bertz CT molecular complexity index is 567. The summed E-state index contributed by atoms with van der Waals surface area (Å²) in [4.78, 5) is 6.65. The van der Waals surface area contributed by atoms with Crippen LogP contribution in [0.1, 0.15) is 36.4 Å². The van der Waals surface area contributed by atoms with Gasteiger partial charge in [-0.1, -0.05) is 24.3 Å².